The van der Waals surface area contributed by atoms with Gasteiger partial charge >= 0.3 is 0 Å². The van der Waals surface area contributed by atoms with Gasteiger partial charge in [0.25, 0.3) is 11.9 Å². The van der Waals surface area contributed by atoms with Crippen LogP contribution in [-0.4, -0.2) is 69.3 Å². The molecule has 0 aliphatic rings. The Kier molecular flexibility index (Phi) is 10.2. The molecule has 0 saturated carbocycles. The lowest BCUT2D eigenvalue weighted by atomic mass is 9.99. The van der Waals surface area contributed by atoms with Crippen LogP contribution in [0.4, 0.5) is 11.6 Å². The van der Waals surface area contributed by atoms with E-state index in [1.54, 1.807) is 13.2 Å². The SMILES string of the molecule is COc1nc(NCCCN(C)C)nc(OC)c1NC(=O)c1ccc(Oc2c(C)cc(Cl)c(C(C)C)c2OC)o1. The molecule has 0 aliphatic carbocycles. The van der Waals surface area contributed by atoms with E-state index in [9.17, 15) is 4.79 Å². The van der Waals surface area contributed by atoms with E-state index in [0.717, 1.165) is 24.1 Å². The van der Waals surface area contributed by atoms with Crippen molar-refractivity contribution in [3.63, 3.8) is 0 Å². The molecule has 1 amide bonds. The number of amides is 1. The molecule has 1 aromatic carbocycles. The summed E-state index contributed by atoms with van der Waals surface area (Å²) >= 11 is 6.46. The summed E-state index contributed by atoms with van der Waals surface area (Å²) in [5.74, 6) is 1.19. The maximum absolute atomic E-state index is 13.1. The minimum Gasteiger partial charge on any atom is -0.492 e. The fourth-order valence-electron chi connectivity index (χ4n) is 3.88. The monoisotopic (exact) mass is 561 g/mol. The molecule has 212 valence electrons. The number of hydrogen-bond donors (Lipinski definition) is 2. The van der Waals surface area contributed by atoms with Crippen molar-refractivity contribution in [2.45, 2.75) is 33.1 Å². The van der Waals surface area contributed by atoms with E-state index < -0.39 is 5.91 Å². The van der Waals surface area contributed by atoms with Crippen LogP contribution in [0.15, 0.2) is 22.6 Å². The standard InChI is InChI=1S/C27H36ClN5O6/c1-15(2)20-17(28)14-16(3)22(23(20)35-6)39-19-11-10-18(38-19)24(34)30-21-25(36-7)31-27(32-26(21)37-8)29-12-9-13-33(4)5/h10-11,14-15H,9,12-13H2,1-8H3,(H,30,34)(H,29,31,32). The highest BCUT2D eigenvalue weighted by molar-refractivity contribution is 6.31. The van der Waals surface area contributed by atoms with Gasteiger partial charge in [-0.25, -0.2) is 0 Å². The molecule has 0 unspecified atom stereocenters. The van der Waals surface area contributed by atoms with Crippen LogP contribution in [-0.2, 0) is 0 Å². The molecule has 3 rings (SSSR count). The van der Waals surface area contributed by atoms with E-state index in [4.69, 9.17) is 35.0 Å². The first-order valence-corrected chi connectivity index (χ1v) is 12.8. The summed E-state index contributed by atoms with van der Waals surface area (Å²) in [4.78, 5) is 23.9. The van der Waals surface area contributed by atoms with Crippen molar-refractivity contribution in [1.82, 2.24) is 14.9 Å². The normalized spacial score (nSPS) is 11.1. The van der Waals surface area contributed by atoms with Gasteiger partial charge in [0, 0.05) is 23.2 Å². The van der Waals surface area contributed by atoms with Crippen LogP contribution in [0.1, 0.15) is 47.9 Å². The van der Waals surface area contributed by atoms with Gasteiger partial charge in [0.1, 0.15) is 0 Å². The largest absolute Gasteiger partial charge is 0.492 e. The van der Waals surface area contributed by atoms with Gasteiger partial charge in [0.05, 0.1) is 21.3 Å². The van der Waals surface area contributed by atoms with Crippen molar-refractivity contribution in [2.24, 2.45) is 0 Å². The summed E-state index contributed by atoms with van der Waals surface area (Å²) in [6.45, 7) is 7.44. The van der Waals surface area contributed by atoms with Crippen LogP contribution in [0.3, 0.4) is 0 Å². The molecule has 12 heteroatoms. The summed E-state index contributed by atoms with van der Waals surface area (Å²) in [5, 5.41) is 6.44. The van der Waals surface area contributed by atoms with Gasteiger partial charge in [-0.05, 0) is 57.6 Å². The van der Waals surface area contributed by atoms with Crippen molar-refractivity contribution in [3.8, 4) is 29.2 Å². The van der Waals surface area contributed by atoms with Gasteiger partial charge in [0.2, 0.25) is 17.7 Å². The molecule has 0 saturated heterocycles. The minimum atomic E-state index is -0.570. The topological polar surface area (TPSA) is 120 Å². The number of methoxy groups -OCH3 is 3. The highest BCUT2D eigenvalue weighted by Crippen LogP contribution is 2.44. The summed E-state index contributed by atoms with van der Waals surface area (Å²) in [6.07, 6.45) is 0.891. The quantitative estimate of drug-likeness (QED) is 0.255. The first-order chi connectivity index (χ1) is 18.6. The predicted molar refractivity (Wildman–Crippen MR) is 150 cm³/mol. The minimum absolute atomic E-state index is 0.00494. The molecule has 2 aromatic heterocycles. The zero-order valence-corrected chi connectivity index (χ0v) is 24.4. The molecule has 0 aliphatic heterocycles. The van der Waals surface area contributed by atoms with Crippen LogP contribution in [0.5, 0.6) is 29.2 Å². The summed E-state index contributed by atoms with van der Waals surface area (Å²) in [5.41, 5.74) is 1.74. The second kappa shape index (κ2) is 13.4. The maximum atomic E-state index is 13.1. The number of benzene rings is 1. The second-order valence-electron chi connectivity index (χ2n) is 9.31. The van der Waals surface area contributed by atoms with Crippen LogP contribution in [0.2, 0.25) is 5.02 Å². The van der Waals surface area contributed by atoms with Crippen molar-refractivity contribution in [2.75, 3.05) is 59.1 Å². The molecular weight excluding hydrogens is 526 g/mol. The van der Waals surface area contributed by atoms with E-state index in [-0.39, 0.29) is 35.1 Å². The first kappa shape index (κ1) is 29.9. The molecule has 2 heterocycles. The Morgan fingerprint density at radius 1 is 1.08 bits per heavy atom. The number of aromatic nitrogens is 2. The number of anilines is 2. The Balaban J connectivity index is 1.80. The third kappa shape index (κ3) is 7.24. The molecule has 0 fully saturated rings. The number of ether oxygens (including phenoxy) is 4. The lowest BCUT2D eigenvalue weighted by Crippen LogP contribution is -2.18. The first-order valence-electron chi connectivity index (χ1n) is 12.4. The average Bonchev–Trinajstić information content (AvgIpc) is 3.36. The molecular formula is C27H36ClN5O6. The molecule has 0 atom stereocenters. The molecule has 39 heavy (non-hydrogen) atoms. The Morgan fingerprint density at radius 3 is 2.31 bits per heavy atom. The van der Waals surface area contributed by atoms with E-state index in [0.29, 0.717) is 29.0 Å². The third-order valence-corrected chi connectivity index (χ3v) is 6.04. The molecule has 3 aromatic rings. The third-order valence-electron chi connectivity index (χ3n) is 5.73. The molecule has 2 N–H and O–H groups in total. The Morgan fingerprint density at radius 2 is 1.74 bits per heavy atom. The van der Waals surface area contributed by atoms with Crippen molar-refractivity contribution < 1.29 is 28.2 Å². The smallest absolute Gasteiger partial charge is 0.291 e. The van der Waals surface area contributed by atoms with Gasteiger partial charge < -0.3 is 38.9 Å². The molecule has 11 nitrogen and oxygen atoms in total. The number of furan rings is 1. The number of carbonyl (C=O) groups excluding carboxylic acids is 1. The van der Waals surface area contributed by atoms with Crippen molar-refractivity contribution >= 4 is 29.1 Å². The van der Waals surface area contributed by atoms with Crippen molar-refractivity contribution in [3.05, 3.63) is 40.1 Å². The van der Waals surface area contributed by atoms with Gasteiger partial charge in [0.15, 0.2) is 22.9 Å². The average molecular weight is 562 g/mol. The molecule has 0 radical (unpaired) electrons. The lowest BCUT2D eigenvalue weighted by molar-refractivity contribution is 0.0990. The summed E-state index contributed by atoms with van der Waals surface area (Å²) in [7, 11) is 8.45. The van der Waals surface area contributed by atoms with Gasteiger partial charge in [-0.15, -0.1) is 0 Å². The summed E-state index contributed by atoms with van der Waals surface area (Å²) < 4.78 is 28.1. The van der Waals surface area contributed by atoms with Gasteiger partial charge in [-0.2, -0.15) is 9.97 Å². The highest BCUT2D eigenvalue weighted by Gasteiger charge is 2.24. The van der Waals surface area contributed by atoms with E-state index >= 15 is 0 Å². The number of halogens is 1. The van der Waals surface area contributed by atoms with E-state index in [1.165, 1.54) is 20.3 Å². The zero-order chi connectivity index (χ0) is 28.7. The number of hydrogen-bond acceptors (Lipinski definition) is 10. The maximum Gasteiger partial charge on any atom is 0.291 e. The van der Waals surface area contributed by atoms with Crippen LogP contribution in [0, 0.1) is 6.92 Å². The van der Waals surface area contributed by atoms with Crippen LogP contribution >= 0.6 is 11.6 Å². The summed E-state index contributed by atoms with van der Waals surface area (Å²) in [6, 6.07) is 4.85. The number of aryl methyl sites for hydroxylation is 1. The van der Waals surface area contributed by atoms with Gasteiger partial charge in [-0.3, -0.25) is 4.79 Å². The van der Waals surface area contributed by atoms with E-state index in [2.05, 4.69) is 25.5 Å². The lowest BCUT2D eigenvalue weighted by Gasteiger charge is -2.19. The van der Waals surface area contributed by atoms with Gasteiger partial charge in [-0.1, -0.05) is 25.4 Å². The molecule has 0 spiro atoms. The Labute approximate surface area is 233 Å². The fourth-order valence-corrected chi connectivity index (χ4v) is 4.35. The van der Waals surface area contributed by atoms with Crippen LogP contribution in [0.25, 0.3) is 0 Å². The second-order valence-corrected chi connectivity index (χ2v) is 9.71. The van der Waals surface area contributed by atoms with Crippen molar-refractivity contribution in [1.29, 1.82) is 0 Å². The number of carbonyl (C=O) groups is 1. The highest BCUT2D eigenvalue weighted by atomic mass is 35.5. The Hall–Kier alpha value is -3.70. The zero-order valence-electron chi connectivity index (χ0n) is 23.6. The van der Waals surface area contributed by atoms with Crippen LogP contribution < -0.4 is 29.6 Å². The number of rotatable bonds is 13. The van der Waals surface area contributed by atoms with E-state index in [1.807, 2.05) is 40.9 Å². The predicted octanol–water partition coefficient (Wildman–Crippen LogP) is 5.59. The number of nitrogens with zero attached hydrogens (tertiary/aromatic N) is 3. The Bertz CT molecular complexity index is 1270. The molecule has 0 bridgehead atoms. The fraction of sp³-hybridized carbons (Fsp3) is 0.444. The number of nitrogens with one attached hydrogen (secondary N) is 2.